The molecule has 3 rings (SSSR count). The summed E-state index contributed by atoms with van der Waals surface area (Å²) in [4.78, 5) is 20.8. The molecule has 0 amide bonds. The van der Waals surface area contributed by atoms with E-state index in [1.807, 2.05) is 0 Å². The Morgan fingerprint density at radius 1 is 1.37 bits per heavy atom. The van der Waals surface area contributed by atoms with Gasteiger partial charge in [0.25, 0.3) is 0 Å². The monoisotopic (exact) mass is 383 g/mol. The summed E-state index contributed by atoms with van der Waals surface area (Å²) in [7, 11) is 0. The Hall–Kier alpha value is -2.65. The highest BCUT2D eigenvalue weighted by Crippen LogP contribution is 2.47. The van der Waals surface area contributed by atoms with Crippen molar-refractivity contribution < 1.29 is 4.79 Å². The Morgan fingerprint density at radius 3 is 2.67 bits per heavy atom. The standard InChI is InChI=1S/C20H22ClN5O/c1-12-8-17(20(12,2)3)25-18-14(9-22)10-23-19(26-18)24-11-16(27)13-4-6-15(21)7-5-13/h4-7,10,12,17H,8,11H2,1-3H3,(H2,23,24,25,26)/t12-,17+/m0/s1. The Morgan fingerprint density at radius 2 is 2.07 bits per heavy atom. The number of hydrogen-bond acceptors (Lipinski definition) is 6. The van der Waals surface area contributed by atoms with Gasteiger partial charge in [0.15, 0.2) is 5.78 Å². The Labute approximate surface area is 164 Å². The molecule has 1 heterocycles. The van der Waals surface area contributed by atoms with Gasteiger partial charge in [-0.2, -0.15) is 10.2 Å². The van der Waals surface area contributed by atoms with Crippen molar-refractivity contribution in [2.24, 2.45) is 11.3 Å². The second-order valence-electron chi connectivity index (χ2n) is 7.51. The summed E-state index contributed by atoms with van der Waals surface area (Å²) >= 11 is 5.84. The van der Waals surface area contributed by atoms with Crippen LogP contribution in [0.4, 0.5) is 11.8 Å². The highest BCUT2D eigenvalue weighted by atomic mass is 35.5. The van der Waals surface area contributed by atoms with Crippen molar-refractivity contribution in [3.8, 4) is 6.07 Å². The minimum atomic E-state index is -0.0944. The molecule has 1 aliphatic rings. The summed E-state index contributed by atoms with van der Waals surface area (Å²) in [5.74, 6) is 1.32. The van der Waals surface area contributed by atoms with E-state index in [0.717, 1.165) is 6.42 Å². The number of anilines is 2. The van der Waals surface area contributed by atoms with Gasteiger partial charge in [-0.1, -0.05) is 32.4 Å². The molecule has 2 N–H and O–H groups in total. The van der Waals surface area contributed by atoms with E-state index in [4.69, 9.17) is 11.6 Å². The van der Waals surface area contributed by atoms with E-state index in [0.29, 0.717) is 33.8 Å². The van der Waals surface area contributed by atoms with Crippen LogP contribution in [-0.4, -0.2) is 28.3 Å². The van der Waals surface area contributed by atoms with Crippen molar-refractivity contribution in [1.82, 2.24) is 9.97 Å². The van der Waals surface area contributed by atoms with Gasteiger partial charge in [-0.3, -0.25) is 4.79 Å². The van der Waals surface area contributed by atoms with Crippen LogP contribution in [0, 0.1) is 22.7 Å². The van der Waals surface area contributed by atoms with Crippen LogP contribution in [0.25, 0.3) is 0 Å². The van der Waals surface area contributed by atoms with E-state index in [1.54, 1.807) is 24.3 Å². The molecule has 27 heavy (non-hydrogen) atoms. The number of benzene rings is 1. The van der Waals surface area contributed by atoms with Gasteiger partial charge in [0.1, 0.15) is 17.5 Å². The molecular formula is C20H22ClN5O. The number of nitrogens with zero attached hydrogens (tertiary/aromatic N) is 3. The lowest BCUT2D eigenvalue weighted by atomic mass is 9.59. The summed E-state index contributed by atoms with van der Waals surface area (Å²) in [6.07, 6.45) is 2.50. The molecule has 2 atom stereocenters. The average Bonchev–Trinajstić information content (AvgIpc) is 2.66. The molecule has 1 aromatic heterocycles. The molecule has 1 fully saturated rings. The highest BCUT2D eigenvalue weighted by molar-refractivity contribution is 6.30. The zero-order valence-corrected chi connectivity index (χ0v) is 16.3. The highest BCUT2D eigenvalue weighted by Gasteiger charge is 2.45. The van der Waals surface area contributed by atoms with Crippen LogP contribution in [0.15, 0.2) is 30.5 Å². The first kappa shape index (κ1) is 19.1. The maximum Gasteiger partial charge on any atom is 0.225 e. The lowest BCUT2D eigenvalue weighted by molar-refractivity contribution is 0.0654. The van der Waals surface area contributed by atoms with E-state index < -0.39 is 0 Å². The van der Waals surface area contributed by atoms with E-state index in [9.17, 15) is 10.1 Å². The van der Waals surface area contributed by atoms with Crippen LogP contribution in [0.3, 0.4) is 0 Å². The van der Waals surface area contributed by atoms with Crippen molar-refractivity contribution in [2.45, 2.75) is 33.2 Å². The second kappa shape index (κ2) is 7.53. The SMILES string of the molecule is C[C@H]1C[C@@H](Nc2nc(NCC(=O)c3ccc(Cl)cc3)ncc2C#N)C1(C)C. The predicted molar refractivity (Wildman–Crippen MR) is 106 cm³/mol. The van der Waals surface area contributed by atoms with Crippen LogP contribution in [0.5, 0.6) is 0 Å². The van der Waals surface area contributed by atoms with E-state index >= 15 is 0 Å². The predicted octanol–water partition coefficient (Wildman–Crippen LogP) is 4.14. The van der Waals surface area contributed by atoms with Gasteiger partial charge in [0.2, 0.25) is 5.95 Å². The lowest BCUT2D eigenvalue weighted by Crippen LogP contribution is -2.52. The third-order valence-corrected chi connectivity index (χ3v) is 5.80. The first-order chi connectivity index (χ1) is 12.8. The number of carbonyl (C=O) groups is 1. The van der Waals surface area contributed by atoms with Gasteiger partial charge in [-0.25, -0.2) is 4.98 Å². The zero-order valence-electron chi connectivity index (χ0n) is 15.6. The van der Waals surface area contributed by atoms with E-state index in [-0.39, 0.29) is 23.8 Å². The fourth-order valence-corrected chi connectivity index (χ4v) is 3.24. The van der Waals surface area contributed by atoms with Crippen molar-refractivity contribution >= 4 is 29.2 Å². The largest absolute Gasteiger partial charge is 0.366 e. The minimum absolute atomic E-state index is 0.0545. The van der Waals surface area contributed by atoms with Gasteiger partial charge >= 0.3 is 0 Å². The third-order valence-electron chi connectivity index (χ3n) is 5.55. The smallest absolute Gasteiger partial charge is 0.225 e. The summed E-state index contributed by atoms with van der Waals surface area (Å²) in [6, 6.07) is 9.08. The second-order valence-corrected chi connectivity index (χ2v) is 7.94. The van der Waals surface area contributed by atoms with E-state index in [1.165, 1.54) is 6.20 Å². The summed E-state index contributed by atoms with van der Waals surface area (Å²) in [5, 5.41) is 16.2. The number of carbonyl (C=O) groups excluding carboxylic acids is 1. The van der Waals surface area contributed by atoms with Gasteiger partial charge in [-0.05, 0) is 42.0 Å². The summed E-state index contributed by atoms with van der Waals surface area (Å²) < 4.78 is 0. The topological polar surface area (TPSA) is 90.7 Å². The van der Waals surface area contributed by atoms with Gasteiger partial charge in [-0.15, -0.1) is 0 Å². The molecular weight excluding hydrogens is 362 g/mol. The molecule has 0 radical (unpaired) electrons. The van der Waals surface area contributed by atoms with Crippen LogP contribution in [0.2, 0.25) is 5.02 Å². The number of halogens is 1. The molecule has 0 bridgehead atoms. The Bertz CT molecular complexity index is 888. The Kier molecular flexibility index (Phi) is 5.33. The fourth-order valence-electron chi connectivity index (χ4n) is 3.11. The molecule has 0 unspecified atom stereocenters. The fraction of sp³-hybridized carbons (Fsp3) is 0.400. The number of nitriles is 1. The molecule has 7 heteroatoms. The summed E-state index contributed by atoms with van der Waals surface area (Å²) in [6.45, 7) is 6.68. The number of Topliss-reactive ketones (excluding diaryl/α,β-unsaturated/α-hetero) is 1. The molecule has 2 aromatic rings. The number of ketones is 1. The zero-order chi connectivity index (χ0) is 19.6. The third kappa shape index (κ3) is 4.04. The van der Waals surface area contributed by atoms with Crippen LogP contribution < -0.4 is 10.6 Å². The maximum absolute atomic E-state index is 12.3. The minimum Gasteiger partial charge on any atom is -0.366 e. The normalized spacial score (nSPS) is 20.3. The first-order valence-corrected chi connectivity index (χ1v) is 9.25. The van der Waals surface area contributed by atoms with E-state index in [2.05, 4.69) is 47.4 Å². The number of hydrogen-bond donors (Lipinski definition) is 2. The van der Waals surface area contributed by atoms with Crippen molar-refractivity contribution in [1.29, 1.82) is 5.26 Å². The lowest BCUT2D eigenvalue weighted by Gasteiger charge is -2.51. The number of aromatic nitrogens is 2. The molecule has 0 saturated heterocycles. The molecule has 1 saturated carbocycles. The molecule has 0 spiro atoms. The molecule has 1 aliphatic carbocycles. The Balaban J connectivity index is 1.69. The molecule has 6 nitrogen and oxygen atoms in total. The van der Waals surface area contributed by atoms with Crippen LogP contribution in [-0.2, 0) is 0 Å². The average molecular weight is 384 g/mol. The first-order valence-electron chi connectivity index (χ1n) is 8.87. The molecule has 1 aromatic carbocycles. The number of rotatable bonds is 6. The van der Waals surface area contributed by atoms with Crippen LogP contribution in [0.1, 0.15) is 43.1 Å². The van der Waals surface area contributed by atoms with Crippen molar-refractivity contribution in [3.63, 3.8) is 0 Å². The maximum atomic E-state index is 12.3. The quantitative estimate of drug-likeness (QED) is 0.728. The summed E-state index contributed by atoms with van der Waals surface area (Å²) in [5.41, 5.74) is 1.08. The van der Waals surface area contributed by atoms with Gasteiger partial charge in [0, 0.05) is 16.6 Å². The van der Waals surface area contributed by atoms with Crippen molar-refractivity contribution in [2.75, 3.05) is 17.2 Å². The van der Waals surface area contributed by atoms with Crippen LogP contribution >= 0.6 is 11.6 Å². The molecule has 140 valence electrons. The van der Waals surface area contributed by atoms with Crippen molar-refractivity contribution in [3.05, 3.63) is 46.6 Å². The van der Waals surface area contributed by atoms with Gasteiger partial charge in [0.05, 0.1) is 12.7 Å². The molecule has 0 aliphatic heterocycles. The number of nitrogens with one attached hydrogen (secondary N) is 2. The van der Waals surface area contributed by atoms with Gasteiger partial charge < -0.3 is 10.6 Å².